The molecule has 1 amide bonds. The van der Waals surface area contributed by atoms with E-state index in [0.29, 0.717) is 23.9 Å². The topological polar surface area (TPSA) is 38.3 Å². The first-order valence-corrected chi connectivity index (χ1v) is 7.32. The molecule has 0 radical (unpaired) electrons. The number of amides is 1. The molecule has 0 saturated carbocycles. The Hall–Kier alpha value is -2.07. The fourth-order valence-electron chi connectivity index (χ4n) is 1.87. The van der Waals surface area contributed by atoms with E-state index in [1.807, 2.05) is 19.1 Å². The van der Waals surface area contributed by atoms with Gasteiger partial charge in [-0.1, -0.05) is 29.8 Å². The van der Waals surface area contributed by atoms with Crippen LogP contribution in [0.5, 0.6) is 5.75 Å². The maximum absolute atomic E-state index is 12.8. The molecule has 0 heterocycles. The Bertz CT molecular complexity index is 644. The van der Waals surface area contributed by atoms with Crippen molar-refractivity contribution in [3.05, 3.63) is 64.4 Å². The van der Waals surface area contributed by atoms with Crippen molar-refractivity contribution >= 4 is 17.5 Å². The highest BCUT2D eigenvalue weighted by atomic mass is 35.5. The van der Waals surface area contributed by atoms with Crippen LogP contribution in [0, 0.1) is 12.7 Å². The lowest BCUT2D eigenvalue weighted by molar-refractivity contribution is -0.120. The number of rotatable bonds is 6. The van der Waals surface area contributed by atoms with E-state index in [1.54, 1.807) is 18.2 Å². The molecule has 2 aromatic rings. The van der Waals surface area contributed by atoms with E-state index in [0.717, 1.165) is 11.1 Å². The standard InChI is InChI=1S/C17H17ClFNO2/c1-12-2-7-15(11-16(12)18)22-9-8-20-17(21)10-13-3-5-14(19)6-4-13/h2-7,11H,8-10H2,1H3,(H,20,21). The maximum atomic E-state index is 12.8. The van der Waals surface area contributed by atoms with Crippen molar-refractivity contribution < 1.29 is 13.9 Å². The fraction of sp³-hybridized carbons (Fsp3) is 0.235. The van der Waals surface area contributed by atoms with E-state index in [4.69, 9.17) is 16.3 Å². The summed E-state index contributed by atoms with van der Waals surface area (Å²) in [5.41, 5.74) is 1.76. The molecule has 0 bridgehead atoms. The number of hydrogen-bond acceptors (Lipinski definition) is 2. The Balaban J connectivity index is 1.70. The van der Waals surface area contributed by atoms with Crippen molar-refractivity contribution in [3.8, 4) is 5.75 Å². The van der Waals surface area contributed by atoms with Crippen LogP contribution in [-0.2, 0) is 11.2 Å². The number of ether oxygens (including phenoxy) is 1. The van der Waals surface area contributed by atoms with Gasteiger partial charge in [-0.2, -0.15) is 0 Å². The largest absolute Gasteiger partial charge is 0.492 e. The van der Waals surface area contributed by atoms with Gasteiger partial charge in [0, 0.05) is 5.02 Å². The van der Waals surface area contributed by atoms with Crippen molar-refractivity contribution in [2.45, 2.75) is 13.3 Å². The lowest BCUT2D eigenvalue weighted by atomic mass is 10.1. The van der Waals surface area contributed by atoms with E-state index < -0.39 is 0 Å². The molecule has 0 aliphatic heterocycles. The Morgan fingerprint density at radius 1 is 1.23 bits per heavy atom. The molecule has 0 aliphatic carbocycles. The van der Waals surface area contributed by atoms with Crippen molar-refractivity contribution in [2.24, 2.45) is 0 Å². The smallest absolute Gasteiger partial charge is 0.224 e. The van der Waals surface area contributed by atoms with Gasteiger partial charge in [-0.15, -0.1) is 0 Å². The van der Waals surface area contributed by atoms with Crippen LogP contribution >= 0.6 is 11.6 Å². The first kappa shape index (κ1) is 16.3. The SMILES string of the molecule is Cc1ccc(OCCNC(=O)Cc2ccc(F)cc2)cc1Cl. The molecule has 0 aromatic heterocycles. The third-order valence-corrected chi connectivity index (χ3v) is 3.52. The van der Waals surface area contributed by atoms with Gasteiger partial charge in [0.2, 0.25) is 5.91 Å². The number of nitrogens with one attached hydrogen (secondary N) is 1. The molecule has 0 unspecified atom stereocenters. The number of halogens is 2. The third kappa shape index (κ3) is 5.04. The van der Waals surface area contributed by atoms with Gasteiger partial charge >= 0.3 is 0 Å². The van der Waals surface area contributed by atoms with Crippen molar-refractivity contribution in [1.29, 1.82) is 0 Å². The lowest BCUT2D eigenvalue weighted by Gasteiger charge is -2.09. The van der Waals surface area contributed by atoms with Gasteiger partial charge in [0.15, 0.2) is 0 Å². The van der Waals surface area contributed by atoms with Gasteiger partial charge in [-0.25, -0.2) is 4.39 Å². The second kappa shape index (κ2) is 7.80. The van der Waals surface area contributed by atoms with Gasteiger partial charge in [0.05, 0.1) is 13.0 Å². The summed E-state index contributed by atoms with van der Waals surface area (Å²) in [5.74, 6) is 0.231. The van der Waals surface area contributed by atoms with Crippen molar-refractivity contribution in [3.63, 3.8) is 0 Å². The minimum absolute atomic E-state index is 0.128. The molecule has 116 valence electrons. The molecule has 0 atom stereocenters. The zero-order valence-corrected chi connectivity index (χ0v) is 13.0. The second-order valence-corrected chi connectivity index (χ2v) is 5.32. The number of hydrogen-bond donors (Lipinski definition) is 1. The highest BCUT2D eigenvalue weighted by molar-refractivity contribution is 6.31. The molecule has 2 aromatic carbocycles. The molecular weight excluding hydrogens is 305 g/mol. The normalized spacial score (nSPS) is 10.3. The average molecular weight is 322 g/mol. The first-order valence-electron chi connectivity index (χ1n) is 6.94. The molecule has 0 saturated heterocycles. The van der Waals surface area contributed by atoms with Gasteiger partial charge in [-0.05, 0) is 42.3 Å². The maximum Gasteiger partial charge on any atom is 0.224 e. The van der Waals surface area contributed by atoms with Crippen LogP contribution in [0.4, 0.5) is 4.39 Å². The molecule has 0 fully saturated rings. The fourth-order valence-corrected chi connectivity index (χ4v) is 2.04. The van der Waals surface area contributed by atoms with E-state index >= 15 is 0 Å². The van der Waals surface area contributed by atoms with E-state index in [9.17, 15) is 9.18 Å². The molecule has 22 heavy (non-hydrogen) atoms. The summed E-state index contributed by atoms with van der Waals surface area (Å²) in [7, 11) is 0. The summed E-state index contributed by atoms with van der Waals surface area (Å²) < 4.78 is 18.3. The quantitative estimate of drug-likeness (QED) is 0.827. The van der Waals surface area contributed by atoms with Crippen molar-refractivity contribution in [1.82, 2.24) is 5.32 Å². The zero-order valence-electron chi connectivity index (χ0n) is 12.2. The predicted octanol–water partition coefficient (Wildman–Crippen LogP) is 3.53. The molecule has 0 spiro atoms. The summed E-state index contributed by atoms with van der Waals surface area (Å²) in [6, 6.07) is 11.3. The minimum atomic E-state index is -0.311. The molecule has 1 N–H and O–H groups in total. The third-order valence-electron chi connectivity index (χ3n) is 3.11. The summed E-state index contributed by atoms with van der Waals surface area (Å²) in [6.45, 7) is 2.67. The molecule has 5 heteroatoms. The first-order chi connectivity index (χ1) is 10.5. The van der Waals surface area contributed by atoms with Crippen LogP contribution < -0.4 is 10.1 Å². The minimum Gasteiger partial charge on any atom is -0.492 e. The van der Waals surface area contributed by atoms with Gasteiger partial charge in [0.25, 0.3) is 0 Å². The number of carbonyl (C=O) groups is 1. The monoisotopic (exact) mass is 321 g/mol. The Kier molecular flexibility index (Phi) is 5.78. The number of benzene rings is 2. The summed E-state index contributed by atoms with van der Waals surface area (Å²) >= 11 is 6.00. The number of carbonyl (C=O) groups excluding carboxylic acids is 1. The van der Waals surface area contributed by atoms with Gasteiger partial charge in [-0.3, -0.25) is 4.79 Å². The highest BCUT2D eigenvalue weighted by Gasteiger charge is 2.04. The average Bonchev–Trinajstić information content (AvgIpc) is 2.49. The van der Waals surface area contributed by atoms with E-state index in [1.165, 1.54) is 12.1 Å². The van der Waals surface area contributed by atoms with Crippen LogP contribution in [0.15, 0.2) is 42.5 Å². The molecule has 2 rings (SSSR count). The van der Waals surface area contributed by atoms with Crippen molar-refractivity contribution in [2.75, 3.05) is 13.2 Å². The van der Waals surface area contributed by atoms with Crippen LogP contribution in [0.3, 0.4) is 0 Å². The number of aryl methyl sites for hydroxylation is 1. The van der Waals surface area contributed by atoms with Crippen LogP contribution in [0.25, 0.3) is 0 Å². The molecule has 3 nitrogen and oxygen atoms in total. The predicted molar refractivity (Wildman–Crippen MR) is 84.8 cm³/mol. The Morgan fingerprint density at radius 3 is 2.64 bits per heavy atom. The summed E-state index contributed by atoms with van der Waals surface area (Å²) in [4.78, 5) is 11.7. The summed E-state index contributed by atoms with van der Waals surface area (Å²) in [5, 5.41) is 3.40. The highest BCUT2D eigenvalue weighted by Crippen LogP contribution is 2.21. The van der Waals surface area contributed by atoms with Crippen LogP contribution in [0.2, 0.25) is 5.02 Å². The van der Waals surface area contributed by atoms with Crippen LogP contribution in [0.1, 0.15) is 11.1 Å². The summed E-state index contributed by atoms with van der Waals surface area (Å²) in [6.07, 6.45) is 0.219. The van der Waals surface area contributed by atoms with E-state index in [2.05, 4.69) is 5.32 Å². The van der Waals surface area contributed by atoms with Gasteiger partial charge < -0.3 is 10.1 Å². The molecule has 0 aliphatic rings. The zero-order chi connectivity index (χ0) is 15.9. The second-order valence-electron chi connectivity index (χ2n) is 4.91. The van der Waals surface area contributed by atoms with Crippen LogP contribution in [-0.4, -0.2) is 19.1 Å². The van der Waals surface area contributed by atoms with E-state index in [-0.39, 0.29) is 18.1 Å². The lowest BCUT2D eigenvalue weighted by Crippen LogP contribution is -2.29. The Labute approximate surface area is 134 Å². The van der Waals surface area contributed by atoms with Gasteiger partial charge in [0.1, 0.15) is 18.2 Å². The Morgan fingerprint density at radius 2 is 1.95 bits per heavy atom. The molecular formula is C17H17ClFNO2.